The second-order valence-electron chi connectivity index (χ2n) is 7.47. The van der Waals surface area contributed by atoms with Gasteiger partial charge in [0, 0.05) is 11.4 Å². The van der Waals surface area contributed by atoms with E-state index >= 15 is 0 Å². The number of amides is 1. The first kappa shape index (κ1) is 20.3. The van der Waals surface area contributed by atoms with Crippen molar-refractivity contribution >= 4 is 23.4 Å². The van der Waals surface area contributed by atoms with Crippen LogP contribution in [0.5, 0.6) is 5.75 Å². The lowest BCUT2D eigenvalue weighted by atomic mass is 10.1. The van der Waals surface area contributed by atoms with Crippen LogP contribution in [0.1, 0.15) is 12.0 Å². The molecule has 1 atom stereocenters. The molecular formula is C25H22N4O2S. The normalized spacial score (nSPS) is 15.5. The summed E-state index contributed by atoms with van der Waals surface area (Å²) in [5.41, 5.74) is 3.82. The van der Waals surface area contributed by atoms with E-state index in [0.717, 1.165) is 41.1 Å². The van der Waals surface area contributed by atoms with Gasteiger partial charge in [-0.05, 0) is 48.7 Å². The van der Waals surface area contributed by atoms with E-state index < -0.39 is 0 Å². The molecule has 4 aromatic rings. The number of carbonyl (C=O) groups excluding carboxylic acids is 1. The van der Waals surface area contributed by atoms with Crippen molar-refractivity contribution in [2.24, 2.45) is 0 Å². The molecule has 0 aliphatic carbocycles. The lowest BCUT2D eigenvalue weighted by Crippen LogP contribution is -2.24. The van der Waals surface area contributed by atoms with E-state index in [1.807, 2.05) is 77.4 Å². The van der Waals surface area contributed by atoms with Gasteiger partial charge in [-0.2, -0.15) is 0 Å². The third kappa shape index (κ3) is 3.87. The van der Waals surface area contributed by atoms with E-state index in [1.165, 1.54) is 11.8 Å². The van der Waals surface area contributed by atoms with Crippen molar-refractivity contribution < 1.29 is 9.53 Å². The molecule has 160 valence electrons. The Balaban J connectivity index is 1.54. The van der Waals surface area contributed by atoms with Gasteiger partial charge in [-0.3, -0.25) is 9.36 Å². The molecule has 0 saturated heterocycles. The average molecular weight is 443 g/mol. The highest BCUT2D eigenvalue weighted by atomic mass is 32.2. The Kier molecular flexibility index (Phi) is 5.64. The van der Waals surface area contributed by atoms with Crippen LogP contribution in [0.3, 0.4) is 0 Å². The number of thioether (sulfide) groups is 1. The molecule has 5 rings (SSSR count). The quantitative estimate of drug-likeness (QED) is 0.472. The van der Waals surface area contributed by atoms with Crippen molar-refractivity contribution in [1.82, 2.24) is 14.8 Å². The highest BCUT2D eigenvalue weighted by Gasteiger charge is 2.28. The maximum absolute atomic E-state index is 13.0. The van der Waals surface area contributed by atoms with Crippen molar-refractivity contribution in [1.29, 1.82) is 0 Å². The standard InChI is InChI=1S/C25H22N4O2S/c1-31-21-14-8-6-12-19(21)23-27-28-25(29(23)18-10-3-2-4-11-18)32-22-16-15-17-9-5-7-13-20(17)26-24(22)30/h2-14,22H,15-16H2,1H3,(H,26,30)/t22-/m1/s1. The molecule has 0 bridgehead atoms. The molecule has 1 aliphatic heterocycles. The van der Waals surface area contributed by atoms with E-state index in [9.17, 15) is 4.79 Å². The van der Waals surface area contributed by atoms with Crippen LogP contribution >= 0.6 is 11.8 Å². The van der Waals surface area contributed by atoms with Gasteiger partial charge in [0.15, 0.2) is 11.0 Å². The van der Waals surface area contributed by atoms with Crippen molar-refractivity contribution in [2.45, 2.75) is 23.2 Å². The third-order valence-electron chi connectivity index (χ3n) is 5.49. The molecule has 7 heteroatoms. The molecule has 0 saturated carbocycles. The maximum atomic E-state index is 13.0. The summed E-state index contributed by atoms with van der Waals surface area (Å²) in [6, 6.07) is 25.6. The molecule has 0 spiro atoms. The highest BCUT2D eigenvalue weighted by molar-refractivity contribution is 8.00. The van der Waals surface area contributed by atoms with Crippen molar-refractivity contribution in [2.75, 3.05) is 12.4 Å². The monoisotopic (exact) mass is 442 g/mol. The number of fused-ring (bicyclic) bond motifs is 1. The Morgan fingerprint density at radius 2 is 1.72 bits per heavy atom. The molecule has 0 fully saturated rings. The smallest absolute Gasteiger partial charge is 0.237 e. The SMILES string of the molecule is COc1ccccc1-c1nnc(S[C@@H]2CCc3ccccc3NC2=O)n1-c1ccccc1. The first-order valence-electron chi connectivity index (χ1n) is 10.4. The molecule has 1 N–H and O–H groups in total. The van der Waals surface area contributed by atoms with Crippen LogP contribution in [0, 0.1) is 0 Å². The van der Waals surface area contributed by atoms with Gasteiger partial charge in [-0.15, -0.1) is 10.2 Å². The number of anilines is 1. The van der Waals surface area contributed by atoms with Crippen LogP contribution in [-0.4, -0.2) is 33.0 Å². The number of methoxy groups -OCH3 is 1. The van der Waals surface area contributed by atoms with Crippen LogP contribution in [0.25, 0.3) is 17.1 Å². The van der Waals surface area contributed by atoms with Crippen LogP contribution in [0.4, 0.5) is 5.69 Å². The largest absolute Gasteiger partial charge is 0.496 e. The molecule has 0 radical (unpaired) electrons. The topological polar surface area (TPSA) is 69.0 Å². The Hall–Kier alpha value is -3.58. The molecular weight excluding hydrogens is 420 g/mol. The number of carbonyl (C=O) groups is 1. The van der Waals surface area contributed by atoms with Gasteiger partial charge >= 0.3 is 0 Å². The lowest BCUT2D eigenvalue weighted by molar-refractivity contribution is -0.115. The number of hydrogen-bond donors (Lipinski definition) is 1. The number of hydrogen-bond acceptors (Lipinski definition) is 5. The number of rotatable bonds is 5. The van der Waals surface area contributed by atoms with Crippen LogP contribution in [0.2, 0.25) is 0 Å². The van der Waals surface area contributed by atoms with Gasteiger partial charge < -0.3 is 10.1 Å². The zero-order valence-electron chi connectivity index (χ0n) is 17.6. The number of para-hydroxylation sites is 3. The summed E-state index contributed by atoms with van der Waals surface area (Å²) >= 11 is 1.44. The molecule has 3 aromatic carbocycles. The number of aromatic nitrogens is 3. The average Bonchev–Trinajstić information content (AvgIpc) is 3.18. The first-order chi connectivity index (χ1) is 15.7. The zero-order chi connectivity index (χ0) is 21.9. The number of benzene rings is 3. The molecule has 0 unspecified atom stereocenters. The van der Waals surface area contributed by atoms with E-state index in [1.54, 1.807) is 7.11 Å². The Morgan fingerprint density at radius 1 is 0.969 bits per heavy atom. The summed E-state index contributed by atoms with van der Waals surface area (Å²) in [5.74, 6) is 1.38. The Morgan fingerprint density at radius 3 is 2.56 bits per heavy atom. The van der Waals surface area contributed by atoms with Gasteiger partial charge in [0.2, 0.25) is 5.91 Å². The van der Waals surface area contributed by atoms with Gasteiger partial charge in [0.05, 0.1) is 17.9 Å². The predicted octanol–water partition coefficient (Wildman–Crippen LogP) is 4.99. The number of nitrogens with one attached hydrogen (secondary N) is 1. The summed E-state index contributed by atoms with van der Waals surface area (Å²) < 4.78 is 7.56. The first-order valence-corrected chi connectivity index (χ1v) is 11.3. The van der Waals surface area contributed by atoms with E-state index in [0.29, 0.717) is 11.0 Å². The van der Waals surface area contributed by atoms with Gasteiger partial charge in [0.25, 0.3) is 0 Å². The molecule has 2 heterocycles. The highest BCUT2D eigenvalue weighted by Crippen LogP contribution is 2.36. The fraction of sp³-hybridized carbons (Fsp3) is 0.160. The zero-order valence-corrected chi connectivity index (χ0v) is 18.4. The second kappa shape index (κ2) is 8.88. The second-order valence-corrected chi connectivity index (χ2v) is 8.64. The summed E-state index contributed by atoms with van der Waals surface area (Å²) in [7, 11) is 1.64. The number of ether oxygens (including phenoxy) is 1. The third-order valence-corrected chi connectivity index (χ3v) is 6.70. The van der Waals surface area contributed by atoms with Crippen LogP contribution < -0.4 is 10.1 Å². The van der Waals surface area contributed by atoms with Crippen molar-refractivity contribution in [3.63, 3.8) is 0 Å². The van der Waals surface area contributed by atoms with E-state index in [4.69, 9.17) is 4.74 Å². The summed E-state index contributed by atoms with van der Waals surface area (Å²) in [4.78, 5) is 13.0. The number of aryl methyl sites for hydroxylation is 1. The summed E-state index contributed by atoms with van der Waals surface area (Å²) in [6.07, 6.45) is 1.55. The Bertz CT molecular complexity index is 1260. The maximum Gasteiger partial charge on any atom is 0.237 e. The van der Waals surface area contributed by atoms with E-state index in [2.05, 4.69) is 21.6 Å². The number of nitrogens with zero attached hydrogens (tertiary/aromatic N) is 3. The fourth-order valence-corrected chi connectivity index (χ4v) is 4.93. The van der Waals surface area contributed by atoms with Crippen LogP contribution in [-0.2, 0) is 11.2 Å². The van der Waals surface area contributed by atoms with Crippen molar-refractivity contribution in [3.8, 4) is 22.8 Å². The minimum Gasteiger partial charge on any atom is -0.496 e. The van der Waals surface area contributed by atoms with E-state index in [-0.39, 0.29) is 11.2 Å². The minimum atomic E-state index is -0.278. The molecule has 1 aliphatic rings. The lowest BCUT2D eigenvalue weighted by Gasteiger charge is -2.15. The summed E-state index contributed by atoms with van der Waals surface area (Å²) in [5, 5.41) is 12.5. The minimum absolute atomic E-state index is 0.0126. The van der Waals surface area contributed by atoms with Gasteiger partial charge in [-0.25, -0.2) is 0 Å². The molecule has 6 nitrogen and oxygen atoms in total. The molecule has 1 aromatic heterocycles. The van der Waals surface area contributed by atoms with Gasteiger partial charge in [-0.1, -0.05) is 60.3 Å². The van der Waals surface area contributed by atoms with Gasteiger partial charge in [0.1, 0.15) is 5.75 Å². The summed E-state index contributed by atoms with van der Waals surface area (Å²) in [6.45, 7) is 0. The van der Waals surface area contributed by atoms with Crippen LogP contribution in [0.15, 0.2) is 84.0 Å². The Labute approximate surface area is 190 Å². The molecule has 1 amide bonds. The molecule has 32 heavy (non-hydrogen) atoms. The predicted molar refractivity (Wildman–Crippen MR) is 126 cm³/mol. The fourth-order valence-electron chi connectivity index (χ4n) is 3.89. The van der Waals surface area contributed by atoms with Crippen molar-refractivity contribution in [3.05, 3.63) is 84.4 Å².